The van der Waals surface area contributed by atoms with Gasteiger partial charge >= 0.3 is 5.97 Å². The molecule has 1 heterocycles. The van der Waals surface area contributed by atoms with Crippen LogP contribution in [-0.2, 0) is 17.8 Å². The van der Waals surface area contributed by atoms with Crippen molar-refractivity contribution in [1.29, 1.82) is 0 Å². The van der Waals surface area contributed by atoms with E-state index in [9.17, 15) is 4.79 Å². The molecule has 64 valence electrons. The second kappa shape index (κ2) is 3.82. The van der Waals surface area contributed by atoms with E-state index in [2.05, 4.69) is 4.98 Å². The van der Waals surface area contributed by atoms with Crippen LogP contribution in [0.1, 0.15) is 11.3 Å². The van der Waals surface area contributed by atoms with Crippen LogP contribution in [0.4, 0.5) is 0 Å². The lowest BCUT2D eigenvalue weighted by molar-refractivity contribution is -0.136. The topological polar surface area (TPSA) is 70.4 Å². The molecule has 0 unspecified atom stereocenters. The van der Waals surface area contributed by atoms with Crippen LogP contribution < -0.4 is 0 Å². The number of carbonyl (C=O) groups is 1. The number of rotatable bonds is 3. The number of hydrogen-bond donors (Lipinski definition) is 2. The molecule has 12 heavy (non-hydrogen) atoms. The fourth-order valence-electron chi connectivity index (χ4n) is 0.808. The first-order valence-electron chi connectivity index (χ1n) is 3.49. The summed E-state index contributed by atoms with van der Waals surface area (Å²) in [4.78, 5) is 14.1. The molecule has 0 radical (unpaired) electrons. The van der Waals surface area contributed by atoms with Crippen molar-refractivity contribution in [1.82, 2.24) is 4.98 Å². The normalized spacial score (nSPS) is 9.75. The number of aromatic nitrogens is 1. The lowest BCUT2D eigenvalue weighted by Crippen LogP contribution is -2.02. The summed E-state index contributed by atoms with van der Waals surface area (Å²) in [7, 11) is 0. The third-order valence-electron chi connectivity index (χ3n) is 1.40. The Morgan fingerprint density at radius 3 is 2.67 bits per heavy atom. The Kier molecular flexibility index (Phi) is 2.76. The van der Waals surface area contributed by atoms with Crippen LogP contribution in [0.2, 0.25) is 0 Å². The minimum absolute atomic E-state index is 0.0691. The van der Waals surface area contributed by atoms with E-state index in [0.717, 1.165) is 0 Å². The number of carboxylic acid groups (broad SMARTS) is 1. The summed E-state index contributed by atoms with van der Waals surface area (Å²) in [6.07, 6.45) is 1.39. The quantitative estimate of drug-likeness (QED) is 0.674. The van der Waals surface area contributed by atoms with E-state index < -0.39 is 5.97 Å². The SMILES string of the molecule is O=C(O)Cc1ccc(CO)cn1. The Bertz CT molecular complexity index is 268. The number of aliphatic carboxylic acids is 1. The van der Waals surface area contributed by atoms with Gasteiger partial charge in [0, 0.05) is 6.20 Å². The number of nitrogens with zero attached hydrogens (tertiary/aromatic N) is 1. The monoisotopic (exact) mass is 167 g/mol. The van der Waals surface area contributed by atoms with Crippen LogP contribution in [0.15, 0.2) is 18.3 Å². The molecule has 1 aromatic rings. The summed E-state index contributed by atoms with van der Waals surface area (Å²) in [5, 5.41) is 17.1. The van der Waals surface area contributed by atoms with Crippen LogP contribution in [0.3, 0.4) is 0 Å². The Hall–Kier alpha value is -1.42. The third-order valence-corrected chi connectivity index (χ3v) is 1.40. The fourth-order valence-corrected chi connectivity index (χ4v) is 0.808. The third kappa shape index (κ3) is 2.32. The Morgan fingerprint density at radius 2 is 2.25 bits per heavy atom. The molecule has 0 saturated heterocycles. The maximum Gasteiger partial charge on any atom is 0.309 e. The molecule has 4 heteroatoms. The molecule has 0 aliphatic heterocycles. The lowest BCUT2D eigenvalue weighted by atomic mass is 10.2. The van der Waals surface area contributed by atoms with Crippen molar-refractivity contribution in [2.45, 2.75) is 13.0 Å². The minimum atomic E-state index is -0.903. The summed E-state index contributed by atoms with van der Waals surface area (Å²) in [6.45, 7) is -0.0691. The molecule has 0 aliphatic rings. The molecule has 0 aromatic carbocycles. The highest BCUT2D eigenvalue weighted by Crippen LogP contribution is 2.00. The van der Waals surface area contributed by atoms with Crippen molar-refractivity contribution in [3.63, 3.8) is 0 Å². The molecule has 0 fully saturated rings. The molecular formula is C8H9NO3. The Morgan fingerprint density at radius 1 is 1.50 bits per heavy atom. The van der Waals surface area contributed by atoms with Gasteiger partial charge in [0.15, 0.2) is 0 Å². The predicted octanol–water partition coefficient (Wildman–Crippen LogP) is 0.201. The van der Waals surface area contributed by atoms with E-state index in [1.54, 1.807) is 12.1 Å². The number of aliphatic hydroxyl groups excluding tert-OH is 1. The van der Waals surface area contributed by atoms with Gasteiger partial charge in [-0.2, -0.15) is 0 Å². The first-order valence-corrected chi connectivity index (χ1v) is 3.49. The summed E-state index contributed by atoms with van der Waals surface area (Å²) >= 11 is 0. The van der Waals surface area contributed by atoms with Crippen LogP contribution >= 0.6 is 0 Å². The van der Waals surface area contributed by atoms with Crippen molar-refractivity contribution < 1.29 is 15.0 Å². The number of carboxylic acids is 1. The molecule has 0 spiro atoms. The number of aliphatic hydroxyl groups is 1. The van der Waals surface area contributed by atoms with Gasteiger partial charge in [-0.3, -0.25) is 9.78 Å². The summed E-state index contributed by atoms with van der Waals surface area (Å²) < 4.78 is 0. The van der Waals surface area contributed by atoms with Crippen molar-refractivity contribution >= 4 is 5.97 Å². The van der Waals surface area contributed by atoms with Crippen molar-refractivity contribution in [3.05, 3.63) is 29.6 Å². The Balaban J connectivity index is 2.71. The molecule has 0 atom stereocenters. The highest BCUT2D eigenvalue weighted by Gasteiger charge is 2.00. The second-order valence-electron chi connectivity index (χ2n) is 2.39. The molecule has 0 bridgehead atoms. The van der Waals surface area contributed by atoms with Crippen LogP contribution in [0, 0.1) is 0 Å². The van der Waals surface area contributed by atoms with Crippen molar-refractivity contribution in [3.8, 4) is 0 Å². The summed E-state index contributed by atoms with van der Waals surface area (Å²) in [6, 6.07) is 3.25. The molecule has 0 amide bonds. The van der Waals surface area contributed by atoms with Crippen LogP contribution in [0.25, 0.3) is 0 Å². The minimum Gasteiger partial charge on any atom is -0.481 e. The van der Waals surface area contributed by atoms with Gasteiger partial charge in [0.25, 0.3) is 0 Å². The standard InChI is InChI=1S/C8H9NO3/c10-5-6-1-2-7(9-4-6)3-8(11)12/h1-2,4,10H,3,5H2,(H,11,12). The van der Waals surface area contributed by atoms with Gasteiger partial charge in [-0.15, -0.1) is 0 Å². The molecule has 0 aliphatic carbocycles. The van der Waals surface area contributed by atoms with Gasteiger partial charge in [0.2, 0.25) is 0 Å². The maximum absolute atomic E-state index is 10.2. The maximum atomic E-state index is 10.2. The van der Waals surface area contributed by atoms with E-state index in [1.165, 1.54) is 6.20 Å². The van der Waals surface area contributed by atoms with Gasteiger partial charge in [-0.1, -0.05) is 6.07 Å². The molecule has 0 saturated carbocycles. The van der Waals surface area contributed by atoms with Crippen molar-refractivity contribution in [2.24, 2.45) is 0 Å². The van der Waals surface area contributed by atoms with E-state index in [4.69, 9.17) is 10.2 Å². The van der Waals surface area contributed by atoms with E-state index in [1.807, 2.05) is 0 Å². The van der Waals surface area contributed by atoms with Crippen LogP contribution in [-0.4, -0.2) is 21.2 Å². The van der Waals surface area contributed by atoms with Crippen molar-refractivity contribution in [2.75, 3.05) is 0 Å². The number of hydrogen-bond acceptors (Lipinski definition) is 3. The van der Waals surface area contributed by atoms with Gasteiger partial charge in [0.05, 0.1) is 18.7 Å². The average molecular weight is 167 g/mol. The molecule has 2 N–H and O–H groups in total. The zero-order valence-electron chi connectivity index (χ0n) is 6.40. The molecular weight excluding hydrogens is 158 g/mol. The zero-order chi connectivity index (χ0) is 8.97. The van der Waals surface area contributed by atoms with Crippen LogP contribution in [0.5, 0.6) is 0 Å². The smallest absolute Gasteiger partial charge is 0.309 e. The lowest BCUT2D eigenvalue weighted by Gasteiger charge is -1.97. The van der Waals surface area contributed by atoms with Gasteiger partial charge in [-0.05, 0) is 11.6 Å². The Labute approximate surface area is 69.5 Å². The zero-order valence-corrected chi connectivity index (χ0v) is 6.40. The molecule has 1 aromatic heterocycles. The molecule has 4 nitrogen and oxygen atoms in total. The summed E-state index contributed by atoms with van der Waals surface area (Å²) in [5.41, 5.74) is 1.18. The first kappa shape index (κ1) is 8.67. The highest BCUT2D eigenvalue weighted by atomic mass is 16.4. The second-order valence-corrected chi connectivity index (χ2v) is 2.39. The first-order chi connectivity index (χ1) is 5.72. The van der Waals surface area contributed by atoms with E-state index in [-0.39, 0.29) is 13.0 Å². The fraction of sp³-hybridized carbons (Fsp3) is 0.250. The van der Waals surface area contributed by atoms with Gasteiger partial charge in [-0.25, -0.2) is 0 Å². The van der Waals surface area contributed by atoms with E-state index in [0.29, 0.717) is 11.3 Å². The summed E-state index contributed by atoms with van der Waals surface area (Å²) in [5.74, 6) is -0.903. The van der Waals surface area contributed by atoms with Gasteiger partial charge in [0.1, 0.15) is 0 Å². The largest absolute Gasteiger partial charge is 0.481 e. The predicted molar refractivity (Wildman–Crippen MR) is 41.5 cm³/mol. The average Bonchev–Trinajstić information content (AvgIpc) is 2.05. The highest BCUT2D eigenvalue weighted by molar-refractivity contribution is 5.69. The van der Waals surface area contributed by atoms with Gasteiger partial charge < -0.3 is 10.2 Å². The number of pyridine rings is 1. The molecule has 1 rings (SSSR count). The van der Waals surface area contributed by atoms with E-state index >= 15 is 0 Å².